The molecule has 2 amide bonds. The van der Waals surface area contributed by atoms with Crippen LogP contribution in [0.15, 0.2) is 30.4 Å². The van der Waals surface area contributed by atoms with Gasteiger partial charge in [0.05, 0.1) is 17.0 Å². The van der Waals surface area contributed by atoms with Crippen LogP contribution in [0, 0.1) is 37.0 Å². The Balaban J connectivity index is 1.85. The van der Waals surface area contributed by atoms with Crippen molar-refractivity contribution < 1.29 is 9.59 Å². The highest BCUT2D eigenvalue weighted by atomic mass is 16.2. The van der Waals surface area contributed by atoms with E-state index in [1.165, 1.54) is 4.90 Å². The summed E-state index contributed by atoms with van der Waals surface area (Å²) in [4.78, 5) is 27.4. The van der Waals surface area contributed by atoms with Crippen molar-refractivity contribution in [1.29, 1.82) is 0 Å². The molecule has 0 N–H and O–H groups in total. The van der Waals surface area contributed by atoms with Gasteiger partial charge in [0.25, 0.3) is 0 Å². The molecule has 1 aromatic rings. The molecule has 3 aliphatic rings. The van der Waals surface area contributed by atoms with Gasteiger partial charge in [-0.3, -0.25) is 9.59 Å². The first-order valence-corrected chi connectivity index (χ1v) is 7.58. The number of rotatable bonds is 1. The van der Waals surface area contributed by atoms with Gasteiger partial charge in [-0.15, -0.1) is 0 Å². The molecule has 1 saturated carbocycles. The van der Waals surface area contributed by atoms with E-state index in [9.17, 15) is 9.59 Å². The van der Waals surface area contributed by atoms with E-state index in [1.54, 1.807) is 0 Å². The molecule has 4 rings (SSSR count). The molecule has 2 fully saturated rings. The fourth-order valence-electron chi connectivity index (χ4n) is 4.49. The van der Waals surface area contributed by atoms with Crippen LogP contribution in [-0.2, 0) is 9.59 Å². The lowest BCUT2D eigenvalue weighted by molar-refractivity contribution is -0.127. The van der Waals surface area contributed by atoms with Gasteiger partial charge in [0.2, 0.25) is 11.8 Å². The molecule has 1 aromatic carbocycles. The summed E-state index contributed by atoms with van der Waals surface area (Å²) in [6.07, 6.45) is 5.23. The van der Waals surface area contributed by atoms with Crippen molar-refractivity contribution in [2.75, 3.05) is 4.90 Å². The van der Waals surface area contributed by atoms with Gasteiger partial charge in [-0.1, -0.05) is 24.3 Å². The zero-order valence-corrected chi connectivity index (χ0v) is 12.6. The lowest BCUT2D eigenvalue weighted by Crippen LogP contribution is -2.37. The molecule has 0 unspecified atom stereocenters. The minimum atomic E-state index is -0.535. The van der Waals surface area contributed by atoms with E-state index in [1.807, 2.05) is 39.0 Å². The number of carbonyl (C=O) groups excluding carboxylic acids is 2. The highest BCUT2D eigenvalue weighted by Crippen LogP contribution is 2.61. The Kier molecular flexibility index (Phi) is 2.35. The van der Waals surface area contributed by atoms with Crippen molar-refractivity contribution in [3.05, 3.63) is 41.5 Å². The fourth-order valence-corrected chi connectivity index (χ4v) is 4.49. The smallest absolute Gasteiger partial charge is 0.241 e. The average Bonchev–Trinajstić information content (AvgIpc) is 3.06. The van der Waals surface area contributed by atoms with Gasteiger partial charge in [-0.05, 0) is 56.2 Å². The number of nitrogens with zero attached hydrogens (tertiary/aromatic N) is 1. The molecule has 2 aliphatic carbocycles. The molecular formula is C18H19NO2. The Bertz CT molecular complexity index is 705. The van der Waals surface area contributed by atoms with E-state index < -0.39 is 5.41 Å². The van der Waals surface area contributed by atoms with Gasteiger partial charge in [-0.2, -0.15) is 0 Å². The van der Waals surface area contributed by atoms with Crippen LogP contribution in [0.5, 0.6) is 0 Å². The Morgan fingerprint density at radius 1 is 1.19 bits per heavy atom. The lowest BCUT2D eigenvalue weighted by Gasteiger charge is -2.28. The molecule has 1 heterocycles. The van der Waals surface area contributed by atoms with Gasteiger partial charge < -0.3 is 0 Å². The molecule has 0 aromatic heterocycles. The minimum Gasteiger partial charge on any atom is -0.274 e. The third kappa shape index (κ3) is 1.39. The summed E-state index contributed by atoms with van der Waals surface area (Å²) in [5, 5.41) is 0. The first kappa shape index (κ1) is 12.8. The molecule has 2 bridgehead atoms. The predicted octanol–water partition coefficient (Wildman–Crippen LogP) is 3.01. The molecule has 3 nitrogen and oxygen atoms in total. The number of benzene rings is 1. The SMILES string of the molecule is Cc1ccc(C)c(N2C(=O)[C@H]3[C@@H]4C=C[C@H](C4)[C@]3(C)C2=O)c1. The summed E-state index contributed by atoms with van der Waals surface area (Å²) in [5.41, 5.74) is 2.28. The zero-order valence-electron chi connectivity index (χ0n) is 12.6. The lowest BCUT2D eigenvalue weighted by atomic mass is 9.71. The van der Waals surface area contributed by atoms with Crippen LogP contribution in [0.2, 0.25) is 0 Å². The highest BCUT2D eigenvalue weighted by Gasteiger charge is 2.67. The molecule has 21 heavy (non-hydrogen) atoms. The zero-order chi connectivity index (χ0) is 14.9. The Morgan fingerprint density at radius 2 is 1.95 bits per heavy atom. The number of allylic oxidation sites excluding steroid dienone is 2. The standard InChI is InChI=1S/C18H19NO2/c1-10-4-5-11(2)14(8-10)19-16(20)15-12-6-7-13(9-12)18(15,3)17(19)21/h4-8,12-13,15H,9H2,1-3H3/t12-,13-,15-,18+/m1/s1. The summed E-state index contributed by atoms with van der Waals surface area (Å²) in [6, 6.07) is 5.94. The quantitative estimate of drug-likeness (QED) is 0.586. The van der Waals surface area contributed by atoms with E-state index in [-0.39, 0.29) is 29.6 Å². The molecular weight excluding hydrogens is 262 g/mol. The van der Waals surface area contributed by atoms with Crippen LogP contribution in [0.1, 0.15) is 24.5 Å². The van der Waals surface area contributed by atoms with Crippen LogP contribution in [0.3, 0.4) is 0 Å². The topological polar surface area (TPSA) is 37.4 Å². The number of aryl methyl sites for hydroxylation is 2. The maximum absolute atomic E-state index is 13.0. The second-order valence-corrected chi connectivity index (χ2v) is 6.92. The van der Waals surface area contributed by atoms with Crippen LogP contribution >= 0.6 is 0 Å². The van der Waals surface area contributed by atoms with Gasteiger partial charge in [0, 0.05) is 0 Å². The fraction of sp³-hybridized carbons (Fsp3) is 0.444. The van der Waals surface area contributed by atoms with E-state index in [0.717, 1.165) is 23.2 Å². The van der Waals surface area contributed by atoms with E-state index in [0.29, 0.717) is 0 Å². The van der Waals surface area contributed by atoms with Crippen molar-refractivity contribution in [1.82, 2.24) is 0 Å². The number of amides is 2. The van der Waals surface area contributed by atoms with E-state index in [4.69, 9.17) is 0 Å². The molecule has 1 aliphatic heterocycles. The van der Waals surface area contributed by atoms with Crippen LogP contribution in [0.25, 0.3) is 0 Å². The molecule has 1 saturated heterocycles. The number of carbonyl (C=O) groups is 2. The van der Waals surface area contributed by atoms with Gasteiger partial charge in [0.15, 0.2) is 0 Å². The maximum Gasteiger partial charge on any atom is 0.241 e. The maximum atomic E-state index is 13.0. The summed E-state index contributed by atoms with van der Waals surface area (Å²) in [5.74, 6) is 0.279. The monoisotopic (exact) mass is 281 g/mol. The third-order valence-corrected chi connectivity index (χ3v) is 5.72. The van der Waals surface area contributed by atoms with Crippen molar-refractivity contribution >= 4 is 17.5 Å². The van der Waals surface area contributed by atoms with Crippen molar-refractivity contribution in [2.45, 2.75) is 27.2 Å². The highest BCUT2D eigenvalue weighted by molar-refractivity contribution is 6.24. The Hall–Kier alpha value is -1.90. The Labute approximate surface area is 124 Å². The molecule has 0 radical (unpaired) electrons. The van der Waals surface area contributed by atoms with Crippen LogP contribution in [0.4, 0.5) is 5.69 Å². The first-order chi connectivity index (χ1) is 9.94. The summed E-state index contributed by atoms with van der Waals surface area (Å²) in [6.45, 7) is 5.93. The first-order valence-electron chi connectivity index (χ1n) is 7.58. The van der Waals surface area contributed by atoms with Crippen molar-refractivity contribution in [2.24, 2.45) is 23.2 Å². The predicted molar refractivity (Wildman–Crippen MR) is 80.7 cm³/mol. The molecule has 0 spiro atoms. The molecule has 108 valence electrons. The van der Waals surface area contributed by atoms with E-state index in [2.05, 4.69) is 12.2 Å². The second kappa shape index (κ2) is 3.85. The number of imide groups is 1. The molecule has 4 atom stereocenters. The van der Waals surface area contributed by atoms with Crippen LogP contribution < -0.4 is 4.90 Å². The summed E-state index contributed by atoms with van der Waals surface area (Å²) >= 11 is 0. The largest absolute Gasteiger partial charge is 0.274 e. The number of anilines is 1. The molecule has 3 heteroatoms. The second-order valence-electron chi connectivity index (χ2n) is 6.92. The van der Waals surface area contributed by atoms with Gasteiger partial charge >= 0.3 is 0 Å². The van der Waals surface area contributed by atoms with Crippen molar-refractivity contribution in [3.8, 4) is 0 Å². The summed E-state index contributed by atoms with van der Waals surface area (Å²) < 4.78 is 0. The van der Waals surface area contributed by atoms with Crippen LogP contribution in [-0.4, -0.2) is 11.8 Å². The number of fused-ring (bicyclic) bond motifs is 5. The Morgan fingerprint density at radius 3 is 2.67 bits per heavy atom. The third-order valence-electron chi connectivity index (χ3n) is 5.72. The van der Waals surface area contributed by atoms with Crippen molar-refractivity contribution in [3.63, 3.8) is 0 Å². The average molecular weight is 281 g/mol. The number of hydrogen-bond donors (Lipinski definition) is 0. The van der Waals surface area contributed by atoms with Gasteiger partial charge in [0.1, 0.15) is 0 Å². The van der Waals surface area contributed by atoms with E-state index >= 15 is 0 Å². The minimum absolute atomic E-state index is 0.00644. The summed E-state index contributed by atoms with van der Waals surface area (Å²) in [7, 11) is 0. The van der Waals surface area contributed by atoms with Gasteiger partial charge in [-0.25, -0.2) is 4.90 Å². The normalized spacial score (nSPS) is 36.7. The number of hydrogen-bond acceptors (Lipinski definition) is 2.